The summed E-state index contributed by atoms with van der Waals surface area (Å²) in [6.07, 6.45) is -0.456. The minimum atomic E-state index is -0.522. The van der Waals surface area contributed by atoms with Crippen LogP contribution in [-0.4, -0.2) is 41.7 Å². The van der Waals surface area contributed by atoms with Crippen LogP contribution in [0.1, 0.15) is 10.4 Å². The molecule has 2 unspecified atom stereocenters. The maximum atomic E-state index is 11.7. The number of amides is 1. The first-order valence-electron chi connectivity index (χ1n) is 5.48. The van der Waals surface area contributed by atoms with Crippen molar-refractivity contribution in [2.24, 2.45) is 5.92 Å². The Kier molecular flexibility index (Phi) is 3.90. The second-order valence-electron chi connectivity index (χ2n) is 4.13. The second kappa shape index (κ2) is 5.42. The van der Waals surface area contributed by atoms with E-state index in [-0.39, 0.29) is 22.4 Å². The maximum Gasteiger partial charge on any atom is 0.324 e. The van der Waals surface area contributed by atoms with Crippen LogP contribution in [0.5, 0.6) is 0 Å². The van der Waals surface area contributed by atoms with Gasteiger partial charge >= 0.3 is 5.00 Å². The first-order chi connectivity index (χ1) is 8.58. The summed E-state index contributed by atoms with van der Waals surface area (Å²) in [5.41, 5.74) is 0.284. The van der Waals surface area contributed by atoms with Gasteiger partial charge in [0.2, 0.25) is 0 Å². The van der Waals surface area contributed by atoms with Gasteiger partial charge in [0, 0.05) is 37.0 Å². The van der Waals surface area contributed by atoms with Crippen molar-refractivity contribution >= 4 is 22.2 Å². The number of aliphatic hydroxyl groups excluding tert-OH is 1. The molecule has 0 aliphatic carbocycles. The van der Waals surface area contributed by atoms with Crippen molar-refractivity contribution in [2.45, 2.75) is 6.10 Å². The molecular weight excluding hydrogens is 258 g/mol. The van der Waals surface area contributed by atoms with Gasteiger partial charge in [-0.2, -0.15) is 0 Å². The van der Waals surface area contributed by atoms with Crippen molar-refractivity contribution < 1.29 is 14.8 Å². The molecule has 1 aromatic heterocycles. The number of carbonyl (C=O) groups excluding carboxylic acids is 1. The van der Waals surface area contributed by atoms with Gasteiger partial charge < -0.3 is 15.7 Å². The number of aliphatic hydroxyl groups is 1. The third-order valence-electron chi connectivity index (χ3n) is 2.86. The molecule has 1 aliphatic heterocycles. The number of nitrogens with one attached hydrogen (secondary N) is 2. The molecular formula is C10H13N3O4S. The van der Waals surface area contributed by atoms with Crippen LogP contribution < -0.4 is 10.6 Å². The summed E-state index contributed by atoms with van der Waals surface area (Å²) < 4.78 is 0. The van der Waals surface area contributed by atoms with E-state index in [4.69, 9.17) is 0 Å². The molecule has 8 heteroatoms. The van der Waals surface area contributed by atoms with Crippen molar-refractivity contribution in [1.82, 2.24) is 10.6 Å². The van der Waals surface area contributed by atoms with Gasteiger partial charge in [-0.25, -0.2) is 0 Å². The van der Waals surface area contributed by atoms with E-state index in [1.165, 1.54) is 11.4 Å². The quantitative estimate of drug-likeness (QED) is 0.527. The van der Waals surface area contributed by atoms with Gasteiger partial charge in [-0.15, -0.1) is 0 Å². The summed E-state index contributed by atoms with van der Waals surface area (Å²) in [7, 11) is 0. The lowest BCUT2D eigenvalue weighted by Crippen LogP contribution is -2.34. The Labute approximate surface area is 107 Å². The lowest BCUT2D eigenvalue weighted by atomic mass is 10.1. The lowest BCUT2D eigenvalue weighted by Gasteiger charge is -2.13. The van der Waals surface area contributed by atoms with Gasteiger partial charge in [-0.3, -0.25) is 14.9 Å². The Morgan fingerprint density at radius 3 is 3.00 bits per heavy atom. The minimum absolute atomic E-state index is 0.0115. The van der Waals surface area contributed by atoms with Crippen LogP contribution in [0.4, 0.5) is 5.00 Å². The van der Waals surface area contributed by atoms with Crippen molar-refractivity contribution in [3.63, 3.8) is 0 Å². The molecule has 2 atom stereocenters. The smallest absolute Gasteiger partial charge is 0.324 e. The maximum absolute atomic E-state index is 11.7. The highest BCUT2D eigenvalue weighted by Crippen LogP contribution is 2.22. The summed E-state index contributed by atoms with van der Waals surface area (Å²) in [5.74, 6) is -0.360. The number of β-amino-alcohol motifs (C(OH)–C–C–N with tert-alkyl or cyclic N) is 1. The predicted octanol–water partition coefficient (Wildman–Crippen LogP) is -0.0336. The van der Waals surface area contributed by atoms with Gasteiger partial charge in [0.15, 0.2) is 0 Å². The Morgan fingerprint density at radius 1 is 1.67 bits per heavy atom. The number of hydrogen-bond acceptors (Lipinski definition) is 6. The highest BCUT2D eigenvalue weighted by Gasteiger charge is 2.25. The fourth-order valence-electron chi connectivity index (χ4n) is 1.79. The van der Waals surface area contributed by atoms with Gasteiger partial charge in [0.1, 0.15) is 0 Å². The predicted molar refractivity (Wildman–Crippen MR) is 65.7 cm³/mol. The molecule has 0 spiro atoms. The normalized spacial score (nSPS) is 22.9. The number of nitro groups is 1. The van der Waals surface area contributed by atoms with Gasteiger partial charge in [-0.1, -0.05) is 11.3 Å². The van der Waals surface area contributed by atoms with E-state index in [1.807, 2.05) is 0 Å². The van der Waals surface area contributed by atoms with Gasteiger partial charge in [0.05, 0.1) is 16.6 Å². The molecule has 1 amide bonds. The molecule has 0 bridgehead atoms. The van der Waals surface area contributed by atoms with Crippen molar-refractivity contribution in [1.29, 1.82) is 0 Å². The number of rotatable bonds is 4. The molecule has 3 N–H and O–H groups in total. The molecule has 0 saturated carbocycles. The zero-order valence-corrected chi connectivity index (χ0v) is 10.3. The van der Waals surface area contributed by atoms with Crippen LogP contribution in [0.2, 0.25) is 0 Å². The highest BCUT2D eigenvalue weighted by atomic mass is 32.1. The van der Waals surface area contributed by atoms with Crippen LogP contribution in [0, 0.1) is 16.0 Å². The largest absolute Gasteiger partial charge is 0.391 e. The monoisotopic (exact) mass is 271 g/mol. The van der Waals surface area contributed by atoms with Crippen molar-refractivity contribution in [2.75, 3.05) is 19.6 Å². The van der Waals surface area contributed by atoms with E-state index in [0.717, 1.165) is 11.3 Å². The average molecular weight is 271 g/mol. The molecule has 1 fully saturated rings. The van der Waals surface area contributed by atoms with Crippen LogP contribution in [-0.2, 0) is 0 Å². The van der Waals surface area contributed by atoms with Crippen molar-refractivity contribution in [3.8, 4) is 0 Å². The first-order valence-corrected chi connectivity index (χ1v) is 6.36. The average Bonchev–Trinajstić information content (AvgIpc) is 2.94. The first kappa shape index (κ1) is 12.9. The lowest BCUT2D eigenvalue weighted by molar-refractivity contribution is -0.380. The Hall–Kier alpha value is -1.51. The molecule has 2 rings (SSSR count). The van der Waals surface area contributed by atoms with Crippen LogP contribution >= 0.6 is 11.3 Å². The van der Waals surface area contributed by atoms with E-state index in [2.05, 4.69) is 10.6 Å². The van der Waals surface area contributed by atoms with Gasteiger partial charge in [-0.05, 0) is 0 Å². The molecule has 2 heterocycles. The zero-order valence-electron chi connectivity index (χ0n) is 9.46. The molecule has 0 aromatic carbocycles. The molecule has 7 nitrogen and oxygen atoms in total. The summed E-state index contributed by atoms with van der Waals surface area (Å²) in [6.45, 7) is 1.55. The van der Waals surface area contributed by atoms with E-state index >= 15 is 0 Å². The Morgan fingerprint density at radius 2 is 2.44 bits per heavy atom. The molecule has 1 aliphatic rings. The van der Waals surface area contributed by atoms with E-state index in [9.17, 15) is 20.0 Å². The fraction of sp³-hybridized carbons (Fsp3) is 0.500. The number of hydrogen-bond donors (Lipinski definition) is 3. The SMILES string of the molecule is O=C(NCC1CNCC1O)c1csc([N+](=O)[O-])c1. The summed E-state index contributed by atoms with van der Waals surface area (Å²) in [5, 5.41) is 27.1. The second-order valence-corrected chi connectivity index (χ2v) is 5.02. The molecule has 18 heavy (non-hydrogen) atoms. The van der Waals surface area contributed by atoms with Crippen LogP contribution in [0.15, 0.2) is 11.4 Å². The summed E-state index contributed by atoms with van der Waals surface area (Å²) in [6, 6.07) is 1.25. The fourth-order valence-corrected chi connectivity index (χ4v) is 2.50. The Bertz CT molecular complexity index is 462. The Balaban J connectivity index is 1.89. The van der Waals surface area contributed by atoms with Crippen LogP contribution in [0.25, 0.3) is 0 Å². The zero-order chi connectivity index (χ0) is 13.1. The number of thiophene rings is 1. The summed E-state index contributed by atoms with van der Waals surface area (Å²) in [4.78, 5) is 21.7. The standard InChI is InChI=1S/C10H13N3O4S/c14-8-4-11-2-7(8)3-12-10(15)6-1-9(13(16)17)18-5-6/h1,5,7-8,11,14H,2-4H2,(H,12,15). The van der Waals surface area contributed by atoms with E-state index in [0.29, 0.717) is 19.6 Å². The molecule has 1 saturated heterocycles. The molecule has 1 aromatic rings. The topological polar surface area (TPSA) is 104 Å². The molecule has 98 valence electrons. The minimum Gasteiger partial charge on any atom is -0.391 e. The molecule has 0 radical (unpaired) electrons. The third-order valence-corrected chi connectivity index (χ3v) is 3.74. The van der Waals surface area contributed by atoms with E-state index < -0.39 is 11.0 Å². The third kappa shape index (κ3) is 2.84. The van der Waals surface area contributed by atoms with E-state index in [1.54, 1.807) is 0 Å². The van der Waals surface area contributed by atoms with Crippen LogP contribution in [0.3, 0.4) is 0 Å². The highest BCUT2D eigenvalue weighted by molar-refractivity contribution is 7.13. The number of carbonyl (C=O) groups is 1. The number of nitrogens with zero attached hydrogens (tertiary/aromatic N) is 1. The van der Waals surface area contributed by atoms with Gasteiger partial charge in [0.25, 0.3) is 5.91 Å². The summed E-state index contributed by atoms with van der Waals surface area (Å²) >= 11 is 0.923. The van der Waals surface area contributed by atoms with Crippen molar-refractivity contribution in [3.05, 3.63) is 27.1 Å².